The molecule has 6 heteroatoms. The SMILES string of the molecule is CCc1cnccc1-c1noc(-c2cc(C)sc2N)n1. The molecule has 102 valence electrons. The molecule has 0 saturated carbocycles. The Balaban J connectivity index is 2.04. The van der Waals surface area contributed by atoms with Crippen LogP contribution in [0.15, 0.2) is 29.0 Å². The lowest BCUT2D eigenvalue weighted by Crippen LogP contribution is -1.90. The maximum absolute atomic E-state index is 5.96. The summed E-state index contributed by atoms with van der Waals surface area (Å²) in [6, 6.07) is 3.86. The van der Waals surface area contributed by atoms with Crippen LogP contribution >= 0.6 is 11.3 Å². The van der Waals surface area contributed by atoms with Gasteiger partial charge in [-0.15, -0.1) is 11.3 Å². The summed E-state index contributed by atoms with van der Waals surface area (Å²) in [5, 5.41) is 4.75. The molecule has 0 unspecified atom stereocenters. The van der Waals surface area contributed by atoms with Gasteiger partial charge in [0, 0.05) is 22.8 Å². The first kappa shape index (κ1) is 12.8. The van der Waals surface area contributed by atoms with E-state index in [1.165, 1.54) is 11.3 Å². The van der Waals surface area contributed by atoms with Gasteiger partial charge >= 0.3 is 0 Å². The summed E-state index contributed by atoms with van der Waals surface area (Å²) in [7, 11) is 0. The van der Waals surface area contributed by atoms with E-state index in [0.717, 1.165) is 28.0 Å². The molecule has 0 aliphatic rings. The monoisotopic (exact) mass is 286 g/mol. The molecule has 5 nitrogen and oxygen atoms in total. The van der Waals surface area contributed by atoms with E-state index >= 15 is 0 Å². The maximum atomic E-state index is 5.96. The highest BCUT2D eigenvalue weighted by molar-refractivity contribution is 7.16. The van der Waals surface area contributed by atoms with Crippen molar-refractivity contribution < 1.29 is 4.52 Å². The molecule has 3 heterocycles. The quantitative estimate of drug-likeness (QED) is 0.799. The molecule has 3 rings (SSSR count). The fourth-order valence-electron chi connectivity index (χ4n) is 2.07. The highest BCUT2D eigenvalue weighted by atomic mass is 32.1. The predicted octanol–water partition coefficient (Wildman–Crippen LogP) is 3.31. The van der Waals surface area contributed by atoms with Crippen molar-refractivity contribution in [1.82, 2.24) is 15.1 Å². The topological polar surface area (TPSA) is 77.8 Å². The van der Waals surface area contributed by atoms with Gasteiger partial charge in [-0.3, -0.25) is 4.98 Å². The first-order chi connectivity index (χ1) is 9.69. The van der Waals surface area contributed by atoms with E-state index in [1.807, 2.05) is 25.3 Å². The molecule has 20 heavy (non-hydrogen) atoms. The number of aryl methyl sites for hydroxylation is 2. The minimum Gasteiger partial charge on any atom is -0.390 e. The van der Waals surface area contributed by atoms with Gasteiger partial charge in [0.05, 0.1) is 10.6 Å². The molecule has 0 aliphatic heterocycles. The lowest BCUT2D eigenvalue weighted by Gasteiger charge is -2.00. The minimum absolute atomic E-state index is 0.459. The summed E-state index contributed by atoms with van der Waals surface area (Å²) in [5.74, 6) is 1.03. The second-order valence-corrected chi connectivity index (χ2v) is 5.73. The number of nitrogens with two attached hydrogens (primary N) is 1. The van der Waals surface area contributed by atoms with Crippen molar-refractivity contribution in [2.75, 3.05) is 5.73 Å². The Morgan fingerprint density at radius 2 is 2.20 bits per heavy atom. The second kappa shape index (κ2) is 5.05. The number of nitrogens with zero attached hydrogens (tertiary/aromatic N) is 3. The molecule has 0 radical (unpaired) electrons. The molecule has 3 aromatic rings. The average Bonchev–Trinajstić information content (AvgIpc) is 3.05. The van der Waals surface area contributed by atoms with Crippen molar-refractivity contribution in [3.05, 3.63) is 35.0 Å². The van der Waals surface area contributed by atoms with Crippen molar-refractivity contribution in [3.8, 4) is 22.8 Å². The molecule has 0 fully saturated rings. The van der Waals surface area contributed by atoms with Gasteiger partial charge in [0.25, 0.3) is 5.89 Å². The number of hydrogen-bond donors (Lipinski definition) is 1. The van der Waals surface area contributed by atoms with Crippen LogP contribution in [-0.4, -0.2) is 15.1 Å². The minimum atomic E-state index is 0.459. The van der Waals surface area contributed by atoms with Crippen LogP contribution in [-0.2, 0) is 6.42 Å². The summed E-state index contributed by atoms with van der Waals surface area (Å²) in [5.41, 5.74) is 8.80. The van der Waals surface area contributed by atoms with Crippen LogP contribution in [0.25, 0.3) is 22.8 Å². The fraction of sp³-hybridized carbons (Fsp3) is 0.214. The molecular formula is C14H14N4OS. The molecule has 0 aromatic carbocycles. The van der Waals surface area contributed by atoms with Gasteiger partial charge in [-0.25, -0.2) is 0 Å². The molecule has 3 aromatic heterocycles. The van der Waals surface area contributed by atoms with E-state index in [2.05, 4.69) is 22.0 Å². The lowest BCUT2D eigenvalue weighted by molar-refractivity contribution is 0.432. The highest BCUT2D eigenvalue weighted by Gasteiger charge is 2.16. The van der Waals surface area contributed by atoms with Gasteiger partial charge in [0.2, 0.25) is 5.82 Å². The van der Waals surface area contributed by atoms with Crippen LogP contribution < -0.4 is 5.73 Å². The van der Waals surface area contributed by atoms with E-state index in [-0.39, 0.29) is 0 Å². The maximum Gasteiger partial charge on any atom is 0.261 e. The average molecular weight is 286 g/mol. The second-order valence-electron chi connectivity index (χ2n) is 4.44. The number of rotatable bonds is 3. The Hall–Kier alpha value is -2.21. The zero-order valence-corrected chi connectivity index (χ0v) is 12.1. The van der Waals surface area contributed by atoms with E-state index in [4.69, 9.17) is 10.3 Å². The Kier molecular flexibility index (Phi) is 3.23. The van der Waals surface area contributed by atoms with Crippen LogP contribution in [0.1, 0.15) is 17.4 Å². The Morgan fingerprint density at radius 1 is 1.35 bits per heavy atom. The predicted molar refractivity (Wildman–Crippen MR) is 79.4 cm³/mol. The number of nitrogen functional groups attached to an aromatic ring is 1. The van der Waals surface area contributed by atoms with Crippen LogP contribution in [0.3, 0.4) is 0 Å². The number of thiophene rings is 1. The number of aromatic nitrogens is 3. The Morgan fingerprint density at radius 3 is 2.90 bits per heavy atom. The van der Waals surface area contributed by atoms with E-state index in [0.29, 0.717) is 16.7 Å². The smallest absolute Gasteiger partial charge is 0.261 e. The third-order valence-electron chi connectivity index (χ3n) is 3.07. The molecule has 0 aliphatic carbocycles. The largest absolute Gasteiger partial charge is 0.390 e. The summed E-state index contributed by atoms with van der Waals surface area (Å²) in [6.45, 7) is 4.07. The van der Waals surface area contributed by atoms with Gasteiger partial charge < -0.3 is 10.3 Å². The summed E-state index contributed by atoms with van der Waals surface area (Å²) >= 11 is 1.52. The molecule has 0 bridgehead atoms. The van der Waals surface area contributed by atoms with Gasteiger partial charge in [-0.2, -0.15) is 4.98 Å². The number of hydrogen-bond acceptors (Lipinski definition) is 6. The molecule has 0 atom stereocenters. The third-order valence-corrected chi connectivity index (χ3v) is 3.95. The zero-order chi connectivity index (χ0) is 14.1. The van der Waals surface area contributed by atoms with Crippen LogP contribution in [0.2, 0.25) is 0 Å². The molecule has 0 amide bonds. The van der Waals surface area contributed by atoms with Crippen LogP contribution in [0.5, 0.6) is 0 Å². The molecule has 2 N–H and O–H groups in total. The van der Waals surface area contributed by atoms with Gasteiger partial charge in [0.15, 0.2) is 0 Å². The van der Waals surface area contributed by atoms with Crippen LogP contribution in [0, 0.1) is 6.92 Å². The number of anilines is 1. The summed E-state index contributed by atoms with van der Waals surface area (Å²) in [4.78, 5) is 9.69. The van der Waals surface area contributed by atoms with E-state index in [1.54, 1.807) is 6.20 Å². The highest BCUT2D eigenvalue weighted by Crippen LogP contribution is 2.33. The van der Waals surface area contributed by atoms with E-state index < -0.39 is 0 Å². The van der Waals surface area contributed by atoms with Gasteiger partial charge in [0.1, 0.15) is 0 Å². The summed E-state index contributed by atoms with van der Waals surface area (Å²) in [6.07, 6.45) is 4.43. The summed E-state index contributed by atoms with van der Waals surface area (Å²) < 4.78 is 5.34. The molecule has 0 spiro atoms. The van der Waals surface area contributed by atoms with Gasteiger partial charge in [-0.05, 0) is 31.0 Å². The van der Waals surface area contributed by atoms with Crippen molar-refractivity contribution in [2.24, 2.45) is 0 Å². The van der Waals surface area contributed by atoms with Gasteiger partial charge in [-0.1, -0.05) is 12.1 Å². The molecular weight excluding hydrogens is 272 g/mol. The first-order valence-corrected chi connectivity index (χ1v) is 7.14. The lowest BCUT2D eigenvalue weighted by atomic mass is 10.1. The van der Waals surface area contributed by atoms with Crippen molar-refractivity contribution in [3.63, 3.8) is 0 Å². The van der Waals surface area contributed by atoms with Crippen molar-refractivity contribution >= 4 is 16.3 Å². The van der Waals surface area contributed by atoms with Crippen molar-refractivity contribution in [2.45, 2.75) is 20.3 Å². The third kappa shape index (κ3) is 2.18. The first-order valence-electron chi connectivity index (χ1n) is 6.32. The number of pyridine rings is 1. The Bertz CT molecular complexity index is 747. The van der Waals surface area contributed by atoms with Crippen molar-refractivity contribution in [1.29, 1.82) is 0 Å². The zero-order valence-electron chi connectivity index (χ0n) is 11.3. The van der Waals surface area contributed by atoms with Crippen LogP contribution in [0.4, 0.5) is 5.00 Å². The standard InChI is InChI=1S/C14H14N4OS/c1-3-9-7-16-5-4-10(9)13-17-14(19-18-13)11-6-8(2)20-12(11)15/h4-7H,3,15H2,1-2H3. The Labute approximate surface area is 120 Å². The molecule has 0 saturated heterocycles. The van der Waals surface area contributed by atoms with E-state index in [9.17, 15) is 0 Å². The fourth-order valence-corrected chi connectivity index (χ4v) is 2.85. The normalized spacial score (nSPS) is 10.9.